The van der Waals surface area contributed by atoms with Crippen LogP contribution in [0.5, 0.6) is 0 Å². The highest BCUT2D eigenvalue weighted by Gasteiger charge is 2.08. The summed E-state index contributed by atoms with van der Waals surface area (Å²) in [5, 5.41) is 1.23. The number of hydrogen-bond donors (Lipinski definition) is 0. The molecule has 0 N–H and O–H groups in total. The highest BCUT2D eigenvalue weighted by Crippen LogP contribution is 2.27. The highest BCUT2D eigenvalue weighted by molar-refractivity contribution is 5.87. The number of terminal acetylenes is 1. The van der Waals surface area contributed by atoms with Gasteiger partial charge in [-0.1, -0.05) is 54.5 Å². The lowest BCUT2D eigenvalue weighted by Crippen LogP contribution is -1.97. The lowest BCUT2D eigenvalue weighted by Gasteiger charge is -2.07. The van der Waals surface area contributed by atoms with Gasteiger partial charge in [0, 0.05) is 16.6 Å². The minimum absolute atomic E-state index is 0.595. The summed E-state index contributed by atoms with van der Waals surface area (Å²) >= 11 is 0. The zero-order valence-corrected chi connectivity index (χ0v) is 10.0. The topological polar surface area (TPSA) is 4.93 Å². The predicted molar refractivity (Wildman–Crippen MR) is 76.2 cm³/mol. The second-order valence-electron chi connectivity index (χ2n) is 4.24. The van der Waals surface area contributed by atoms with E-state index in [1.165, 1.54) is 22.2 Å². The highest BCUT2D eigenvalue weighted by atomic mass is 15.0. The van der Waals surface area contributed by atoms with Crippen molar-refractivity contribution in [3.05, 3.63) is 60.7 Å². The van der Waals surface area contributed by atoms with Gasteiger partial charge in [-0.2, -0.15) is 0 Å². The number of rotatable bonds is 2. The van der Waals surface area contributed by atoms with Crippen molar-refractivity contribution in [1.29, 1.82) is 0 Å². The van der Waals surface area contributed by atoms with Crippen molar-refractivity contribution < 1.29 is 0 Å². The van der Waals surface area contributed by atoms with Crippen LogP contribution in [0.15, 0.2) is 60.7 Å². The lowest BCUT2D eigenvalue weighted by atomic mass is 10.1. The first-order valence-electron chi connectivity index (χ1n) is 5.97. The zero-order chi connectivity index (χ0) is 12.4. The number of hydrogen-bond acceptors (Lipinski definition) is 0. The van der Waals surface area contributed by atoms with Crippen LogP contribution >= 0.6 is 0 Å². The summed E-state index contributed by atoms with van der Waals surface area (Å²) in [6, 6.07) is 20.9. The van der Waals surface area contributed by atoms with E-state index in [0.29, 0.717) is 6.54 Å². The van der Waals surface area contributed by atoms with E-state index >= 15 is 0 Å². The van der Waals surface area contributed by atoms with E-state index < -0.39 is 0 Å². The van der Waals surface area contributed by atoms with E-state index in [0.717, 1.165) is 0 Å². The van der Waals surface area contributed by atoms with Crippen molar-refractivity contribution in [3.63, 3.8) is 0 Å². The molecule has 1 heterocycles. The van der Waals surface area contributed by atoms with Gasteiger partial charge in [0.25, 0.3) is 0 Å². The summed E-state index contributed by atoms with van der Waals surface area (Å²) in [6.07, 6.45) is 5.49. The Hall–Kier alpha value is -2.46. The molecule has 3 rings (SSSR count). The van der Waals surface area contributed by atoms with E-state index in [2.05, 4.69) is 46.9 Å². The van der Waals surface area contributed by atoms with E-state index in [4.69, 9.17) is 6.42 Å². The second-order valence-corrected chi connectivity index (χ2v) is 4.24. The maximum atomic E-state index is 5.49. The van der Waals surface area contributed by atoms with E-state index in [9.17, 15) is 0 Å². The normalized spacial score (nSPS) is 10.4. The molecule has 0 aliphatic heterocycles. The minimum atomic E-state index is 0.595. The third-order valence-corrected chi connectivity index (χ3v) is 3.13. The SMILES string of the molecule is C#CCn1c(-c2ccccc2)cc2ccccc21. The Morgan fingerprint density at radius 1 is 0.944 bits per heavy atom. The first-order valence-corrected chi connectivity index (χ1v) is 5.97. The molecule has 86 valence electrons. The Bertz CT molecular complexity index is 714. The van der Waals surface area contributed by atoms with Crippen molar-refractivity contribution in [1.82, 2.24) is 4.57 Å². The van der Waals surface area contributed by atoms with Crippen LogP contribution in [-0.2, 0) is 6.54 Å². The van der Waals surface area contributed by atoms with E-state index in [1.54, 1.807) is 0 Å². The molecule has 0 radical (unpaired) electrons. The molecule has 2 aromatic carbocycles. The third-order valence-electron chi connectivity index (χ3n) is 3.13. The van der Waals surface area contributed by atoms with Gasteiger partial charge < -0.3 is 4.57 Å². The van der Waals surface area contributed by atoms with Crippen molar-refractivity contribution in [2.24, 2.45) is 0 Å². The van der Waals surface area contributed by atoms with Crippen LogP contribution in [0.1, 0.15) is 0 Å². The Labute approximate surface area is 107 Å². The third kappa shape index (κ3) is 1.69. The van der Waals surface area contributed by atoms with E-state index in [-0.39, 0.29) is 0 Å². The maximum absolute atomic E-state index is 5.49. The first kappa shape index (κ1) is 10.7. The van der Waals surface area contributed by atoms with Crippen molar-refractivity contribution in [2.75, 3.05) is 0 Å². The largest absolute Gasteiger partial charge is 0.329 e. The van der Waals surface area contributed by atoms with Gasteiger partial charge >= 0.3 is 0 Å². The Morgan fingerprint density at radius 3 is 2.44 bits per heavy atom. The molecule has 0 atom stereocenters. The van der Waals surface area contributed by atoms with Gasteiger partial charge in [0.15, 0.2) is 0 Å². The molecule has 1 heteroatoms. The monoisotopic (exact) mass is 231 g/mol. The zero-order valence-electron chi connectivity index (χ0n) is 10.0. The smallest absolute Gasteiger partial charge is 0.0841 e. The molecule has 0 aliphatic carbocycles. The molecule has 0 saturated carbocycles. The van der Waals surface area contributed by atoms with Gasteiger partial charge in [0.05, 0.1) is 6.54 Å². The lowest BCUT2D eigenvalue weighted by molar-refractivity contribution is 0.895. The van der Waals surface area contributed by atoms with Crippen LogP contribution in [0.3, 0.4) is 0 Å². The van der Waals surface area contributed by atoms with Crippen LogP contribution in [-0.4, -0.2) is 4.57 Å². The van der Waals surface area contributed by atoms with Crippen LogP contribution in [0, 0.1) is 12.3 Å². The number of benzene rings is 2. The molecule has 0 aliphatic rings. The summed E-state index contributed by atoms with van der Waals surface area (Å²) in [5.41, 5.74) is 3.56. The Balaban J connectivity index is 2.29. The molecular weight excluding hydrogens is 218 g/mol. The average molecular weight is 231 g/mol. The number of para-hydroxylation sites is 1. The van der Waals surface area contributed by atoms with Gasteiger partial charge in [-0.15, -0.1) is 6.42 Å². The predicted octanol–water partition coefficient (Wildman–Crippen LogP) is 3.94. The number of fused-ring (bicyclic) bond motifs is 1. The fourth-order valence-electron chi connectivity index (χ4n) is 2.32. The van der Waals surface area contributed by atoms with Crippen LogP contribution in [0.25, 0.3) is 22.2 Å². The molecule has 0 amide bonds. The summed E-state index contributed by atoms with van der Waals surface area (Å²) in [6.45, 7) is 0.595. The van der Waals surface area contributed by atoms with Crippen molar-refractivity contribution in [3.8, 4) is 23.6 Å². The van der Waals surface area contributed by atoms with Crippen LogP contribution < -0.4 is 0 Å². The summed E-state index contributed by atoms with van der Waals surface area (Å²) in [5.74, 6) is 2.74. The van der Waals surface area contributed by atoms with Gasteiger partial charge in [-0.3, -0.25) is 0 Å². The van der Waals surface area contributed by atoms with E-state index in [1.807, 2.05) is 24.3 Å². The van der Waals surface area contributed by atoms with Crippen LogP contribution in [0.4, 0.5) is 0 Å². The maximum Gasteiger partial charge on any atom is 0.0841 e. The number of aromatic nitrogens is 1. The molecule has 0 bridgehead atoms. The summed E-state index contributed by atoms with van der Waals surface area (Å²) in [7, 11) is 0. The van der Waals surface area contributed by atoms with Gasteiger partial charge in [-0.05, 0) is 17.7 Å². The van der Waals surface area contributed by atoms with Gasteiger partial charge in [0.2, 0.25) is 0 Å². The number of nitrogens with zero attached hydrogens (tertiary/aromatic N) is 1. The molecule has 1 aromatic heterocycles. The quantitative estimate of drug-likeness (QED) is 0.589. The van der Waals surface area contributed by atoms with Gasteiger partial charge in [-0.25, -0.2) is 0 Å². The summed E-state index contributed by atoms with van der Waals surface area (Å²) < 4.78 is 2.19. The fourth-order valence-corrected chi connectivity index (χ4v) is 2.32. The van der Waals surface area contributed by atoms with Crippen LogP contribution in [0.2, 0.25) is 0 Å². The Kier molecular flexibility index (Phi) is 2.63. The molecule has 0 fully saturated rings. The molecule has 3 aromatic rings. The van der Waals surface area contributed by atoms with Gasteiger partial charge in [0.1, 0.15) is 0 Å². The minimum Gasteiger partial charge on any atom is -0.329 e. The fraction of sp³-hybridized carbons (Fsp3) is 0.0588. The van der Waals surface area contributed by atoms with Crippen molar-refractivity contribution in [2.45, 2.75) is 6.54 Å². The summed E-state index contributed by atoms with van der Waals surface area (Å²) in [4.78, 5) is 0. The molecule has 0 unspecified atom stereocenters. The molecule has 18 heavy (non-hydrogen) atoms. The Morgan fingerprint density at radius 2 is 1.67 bits per heavy atom. The second kappa shape index (κ2) is 4.43. The standard InChI is InChI=1S/C17H13N/c1-2-12-18-16-11-7-6-10-15(16)13-17(18)14-8-4-3-5-9-14/h1,3-11,13H,12H2. The average Bonchev–Trinajstić information content (AvgIpc) is 2.80. The molecular formula is C17H13N. The first-order chi connectivity index (χ1) is 8.90. The van der Waals surface area contributed by atoms with Crippen molar-refractivity contribution >= 4 is 10.9 Å². The molecule has 1 nitrogen and oxygen atoms in total. The molecule has 0 spiro atoms. The molecule has 0 saturated heterocycles.